The van der Waals surface area contributed by atoms with Crippen molar-refractivity contribution in [3.63, 3.8) is 0 Å². The van der Waals surface area contributed by atoms with Crippen LogP contribution in [0.25, 0.3) is 0 Å². The van der Waals surface area contributed by atoms with E-state index in [2.05, 4.69) is 35.0 Å². The molecular formula is C16H18N2O. The summed E-state index contributed by atoms with van der Waals surface area (Å²) in [6.07, 6.45) is 4.73. The Hall–Kier alpha value is -2.03. The molecule has 0 N–H and O–H groups in total. The summed E-state index contributed by atoms with van der Waals surface area (Å²) in [5.74, 6) is 0.941. The molecule has 1 aromatic carbocycles. The number of aromatic nitrogens is 1. The summed E-state index contributed by atoms with van der Waals surface area (Å²) < 4.78 is 5.86. The van der Waals surface area contributed by atoms with Crippen molar-refractivity contribution in [1.82, 2.24) is 4.98 Å². The van der Waals surface area contributed by atoms with Crippen molar-refractivity contribution in [2.75, 3.05) is 18.0 Å². The van der Waals surface area contributed by atoms with Crippen molar-refractivity contribution in [2.24, 2.45) is 0 Å². The zero-order valence-electron chi connectivity index (χ0n) is 11.2. The summed E-state index contributed by atoms with van der Waals surface area (Å²) >= 11 is 0. The molecule has 0 saturated carbocycles. The van der Waals surface area contributed by atoms with E-state index < -0.39 is 0 Å². The van der Waals surface area contributed by atoms with Crippen LogP contribution in [0.1, 0.15) is 18.1 Å². The van der Waals surface area contributed by atoms with Crippen LogP contribution >= 0.6 is 0 Å². The van der Waals surface area contributed by atoms with E-state index in [1.54, 1.807) is 12.4 Å². The fraction of sp³-hybridized carbons (Fsp3) is 0.312. The lowest BCUT2D eigenvalue weighted by molar-refractivity contribution is 0.306. The van der Waals surface area contributed by atoms with Crippen molar-refractivity contribution in [1.29, 1.82) is 0 Å². The lowest BCUT2D eigenvalue weighted by atomic mass is 10.1. The maximum Gasteiger partial charge on any atom is 0.121 e. The van der Waals surface area contributed by atoms with E-state index in [1.165, 1.54) is 11.3 Å². The van der Waals surface area contributed by atoms with Crippen LogP contribution in [-0.4, -0.2) is 18.1 Å². The molecule has 1 aromatic heterocycles. The van der Waals surface area contributed by atoms with Crippen LogP contribution in [0.2, 0.25) is 0 Å². The SMILES string of the molecule is CCN1CCc2ccc(OCc3ccncc3)cc21. The molecule has 3 rings (SSSR count). The van der Waals surface area contributed by atoms with E-state index in [0.717, 1.165) is 30.8 Å². The predicted octanol–water partition coefficient (Wildman–Crippen LogP) is 3.04. The lowest BCUT2D eigenvalue weighted by Gasteiger charge is -2.17. The first-order valence-electron chi connectivity index (χ1n) is 6.76. The molecule has 98 valence electrons. The molecule has 0 bridgehead atoms. The Kier molecular flexibility index (Phi) is 3.36. The number of fused-ring (bicyclic) bond motifs is 1. The Morgan fingerprint density at radius 2 is 2.05 bits per heavy atom. The molecule has 3 nitrogen and oxygen atoms in total. The van der Waals surface area contributed by atoms with Crippen LogP contribution in [0.15, 0.2) is 42.7 Å². The first-order valence-corrected chi connectivity index (χ1v) is 6.76. The molecule has 2 heterocycles. The summed E-state index contributed by atoms with van der Waals surface area (Å²) in [7, 11) is 0. The van der Waals surface area contributed by atoms with Gasteiger partial charge in [0.2, 0.25) is 0 Å². The fourth-order valence-corrected chi connectivity index (χ4v) is 2.49. The van der Waals surface area contributed by atoms with Gasteiger partial charge in [-0.05, 0) is 42.7 Å². The van der Waals surface area contributed by atoms with Crippen LogP contribution in [-0.2, 0) is 13.0 Å². The number of likely N-dealkylation sites (N-methyl/N-ethyl adjacent to an activating group) is 1. The van der Waals surface area contributed by atoms with Crippen molar-refractivity contribution in [2.45, 2.75) is 20.0 Å². The van der Waals surface area contributed by atoms with Crippen molar-refractivity contribution in [3.05, 3.63) is 53.9 Å². The molecular weight excluding hydrogens is 236 g/mol. The zero-order chi connectivity index (χ0) is 13.1. The molecule has 1 aliphatic rings. The minimum atomic E-state index is 0.591. The number of nitrogens with zero attached hydrogens (tertiary/aromatic N) is 2. The minimum Gasteiger partial charge on any atom is -0.489 e. The molecule has 3 heteroatoms. The second-order valence-corrected chi connectivity index (χ2v) is 4.76. The second-order valence-electron chi connectivity index (χ2n) is 4.76. The summed E-state index contributed by atoms with van der Waals surface area (Å²) in [5.41, 5.74) is 3.90. The van der Waals surface area contributed by atoms with Crippen molar-refractivity contribution >= 4 is 5.69 Å². The van der Waals surface area contributed by atoms with Gasteiger partial charge >= 0.3 is 0 Å². The first kappa shape index (κ1) is 12.0. The van der Waals surface area contributed by atoms with Gasteiger partial charge in [0.15, 0.2) is 0 Å². The van der Waals surface area contributed by atoms with E-state index >= 15 is 0 Å². The molecule has 2 aromatic rings. The van der Waals surface area contributed by atoms with Crippen LogP contribution < -0.4 is 9.64 Å². The third-order valence-electron chi connectivity index (χ3n) is 3.59. The lowest BCUT2D eigenvalue weighted by Crippen LogP contribution is -2.19. The van der Waals surface area contributed by atoms with Gasteiger partial charge in [-0.2, -0.15) is 0 Å². The largest absolute Gasteiger partial charge is 0.489 e. The van der Waals surface area contributed by atoms with Gasteiger partial charge in [-0.1, -0.05) is 6.07 Å². The highest BCUT2D eigenvalue weighted by molar-refractivity contribution is 5.60. The maximum absolute atomic E-state index is 5.86. The van der Waals surface area contributed by atoms with Gasteiger partial charge in [0.05, 0.1) is 0 Å². The van der Waals surface area contributed by atoms with Gasteiger partial charge in [-0.3, -0.25) is 4.98 Å². The summed E-state index contributed by atoms with van der Waals surface area (Å²) in [6.45, 7) is 4.97. The fourth-order valence-electron chi connectivity index (χ4n) is 2.49. The van der Waals surface area contributed by atoms with Gasteiger partial charge in [0.1, 0.15) is 12.4 Å². The van der Waals surface area contributed by atoms with Gasteiger partial charge < -0.3 is 9.64 Å². The van der Waals surface area contributed by atoms with E-state index in [-0.39, 0.29) is 0 Å². The van der Waals surface area contributed by atoms with Gasteiger partial charge in [-0.25, -0.2) is 0 Å². The minimum absolute atomic E-state index is 0.591. The molecule has 0 amide bonds. The maximum atomic E-state index is 5.86. The second kappa shape index (κ2) is 5.31. The number of ether oxygens (including phenoxy) is 1. The molecule has 0 saturated heterocycles. The first-order chi connectivity index (χ1) is 9.36. The van der Waals surface area contributed by atoms with Gasteiger partial charge in [0.25, 0.3) is 0 Å². The Bertz CT molecular complexity index is 554. The van der Waals surface area contributed by atoms with Gasteiger partial charge in [-0.15, -0.1) is 0 Å². The summed E-state index contributed by atoms with van der Waals surface area (Å²) in [6, 6.07) is 10.4. The van der Waals surface area contributed by atoms with Crippen LogP contribution in [0.5, 0.6) is 5.75 Å². The molecule has 19 heavy (non-hydrogen) atoms. The van der Waals surface area contributed by atoms with Crippen LogP contribution in [0.3, 0.4) is 0 Å². The number of pyridine rings is 1. The highest BCUT2D eigenvalue weighted by Crippen LogP contribution is 2.31. The standard InChI is InChI=1S/C16H18N2O/c1-2-18-10-7-14-3-4-15(11-16(14)18)19-12-13-5-8-17-9-6-13/h3-6,8-9,11H,2,7,10,12H2,1H3. The molecule has 0 aliphatic carbocycles. The number of hydrogen-bond donors (Lipinski definition) is 0. The number of rotatable bonds is 4. The van der Waals surface area contributed by atoms with Crippen molar-refractivity contribution < 1.29 is 4.74 Å². The zero-order valence-corrected chi connectivity index (χ0v) is 11.2. The molecule has 0 fully saturated rings. The average Bonchev–Trinajstić information content (AvgIpc) is 2.88. The summed E-state index contributed by atoms with van der Waals surface area (Å²) in [5, 5.41) is 0. The number of hydrogen-bond acceptors (Lipinski definition) is 3. The smallest absolute Gasteiger partial charge is 0.121 e. The average molecular weight is 254 g/mol. The monoisotopic (exact) mass is 254 g/mol. The normalized spacial score (nSPS) is 13.4. The molecule has 1 aliphatic heterocycles. The highest BCUT2D eigenvalue weighted by Gasteiger charge is 2.17. The van der Waals surface area contributed by atoms with Crippen LogP contribution in [0.4, 0.5) is 5.69 Å². The topological polar surface area (TPSA) is 25.4 Å². The number of anilines is 1. The van der Waals surface area contributed by atoms with E-state index in [0.29, 0.717) is 6.61 Å². The van der Waals surface area contributed by atoms with Crippen LogP contribution in [0, 0.1) is 0 Å². The Labute approximate surface area is 113 Å². The predicted molar refractivity (Wildman–Crippen MR) is 76.6 cm³/mol. The Morgan fingerprint density at radius 3 is 2.84 bits per heavy atom. The summed E-state index contributed by atoms with van der Waals surface area (Å²) in [4.78, 5) is 6.40. The molecule has 0 spiro atoms. The molecule has 0 radical (unpaired) electrons. The van der Waals surface area contributed by atoms with Gasteiger partial charge in [0, 0.05) is 37.2 Å². The third kappa shape index (κ3) is 2.55. The molecule has 0 atom stereocenters. The number of benzene rings is 1. The van der Waals surface area contributed by atoms with E-state index in [1.807, 2.05) is 12.1 Å². The van der Waals surface area contributed by atoms with E-state index in [4.69, 9.17) is 4.74 Å². The van der Waals surface area contributed by atoms with Crippen molar-refractivity contribution in [3.8, 4) is 5.75 Å². The third-order valence-corrected chi connectivity index (χ3v) is 3.59. The van der Waals surface area contributed by atoms with E-state index in [9.17, 15) is 0 Å². The quantitative estimate of drug-likeness (QED) is 0.838. The Morgan fingerprint density at radius 1 is 1.21 bits per heavy atom. The molecule has 0 unspecified atom stereocenters. The highest BCUT2D eigenvalue weighted by atomic mass is 16.5. The Balaban J connectivity index is 1.72.